The molecule has 1 fully saturated rings. The number of amides is 2. The fourth-order valence-corrected chi connectivity index (χ4v) is 2.29. The van der Waals surface area contributed by atoms with Crippen LogP contribution in [0.1, 0.15) is 13.3 Å². The van der Waals surface area contributed by atoms with E-state index in [0.717, 1.165) is 0 Å². The van der Waals surface area contributed by atoms with Crippen molar-refractivity contribution in [2.75, 3.05) is 24.1 Å². The van der Waals surface area contributed by atoms with Gasteiger partial charge in [-0.1, -0.05) is 18.5 Å². The lowest BCUT2D eigenvalue weighted by atomic mass is 10.2. The Morgan fingerprint density at radius 1 is 1.58 bits per heavy atom. The van der Waals surface area contributed by atoms with Crippen LogP contribution in [0.2, 0.25) is 5.02 Å². The molecule has 0 bridgehead atoms. The minimum atomic E-state index is -0.269. The summed E-state index contributed by atoms with van der Waals surface area (Å²) in [6.45, 7) is 2.66. The van der Waals surface area contributed by atoms with Crippen molar-refractivity contribution in [1.29, 1.82) is 0 Å². The Kier molecular flexibility index (Phi) is 3.95. The van der Waals surface area contributed by atoms with E-state index in [1.807, 2.05) is 6.92 Å². The highest BCUT2D eigenvalue weighted by molar-refractivity contribution is 6.33. The second-order valence-corrected chi connectivity index (χ2v) is 5.28. The Morgan fingerprint density at radius 2 is 2.32 bits per heavy atom. The molecule has 1 saturated heterocycles. The van der Waals surface area contributed by atoms with Crippen molar-refractivity contribution in [1.82, 2.24) is 4.90 Å². The number of carbonyl (C=O) groups is 2. The summed E-state index contributed by atoms with van der Waals surface area (Å²) in [7, 11) is 0. The van der Waals surface area contributed by atoms with Crippen LogP contribution in [0.3, 0.4) is 0 Å². The Bertz CT molecular complexity index is 519. The van der Waals surface area contributed by atoms with Gasteiger partial charge in [-0.2, -0.15) is 0 Å². The minimum absolute atomic E-state index is 0.0151. The summed E-state index contributed by atoms with van der Waals surface area (Å²) in [4.78, 5) is 25.0. The number of likely N-dealkylation sites (tertiary alicyclic amines) is 1. The molecular formula is C13H16ClN3O2. The number of nitrogen functional groups attached to an aromatic ring is 1. The molecule has 6 heteroatoms. The van der Waals surface area contributed by atoms with E-state index >= 15 is 0 Å². The molecule has 1 aliphatic rings. The van der Waals surface area contributed by atoms with Crippen molar-refractivity contribution >= 4 is 34.8 Å². The van der Waals surface area contributed by atoms with E-state index in [1.165, 1.54) is 0 Å². The minimum Gasteiger partial charge on any atom is -0.399 e. The molecular weight excluding hydrogens is 266 g/mol. The smallest absolute Gasteiger partial charge is 0.244 e. The van der Waals surface area contributed by atoms with E-state index in [4.69, 9.17) is 17.3 Å². The molecule has 1 aliphatic heterocycles. The molecule has 19 heavy (non-hydrogen) atoms. The maximum Gasteiger partial charge on any atom is 0.244 e. The average molecular weight is 282 g/mol. The van der Waals surface area contributed by atoms with Crippen LogP contribution in [0, 0.1) is 5.92 Å². The van der Waals surface area contributed by atoms with Crippen molar-refractivity contribution < 1.29 is 9.59 Å². The third-order valence-corrected chi connectivity index (χ3v) is 3.34. The lowest BCUT2D eigenvalue weighted by molar-refractivity contribution is -0.131. The summed E-state index contributed by atoms with van der Waals surface area (Å²) >= 11 is 5.96. The molecule has 2 amide bonds. The van der Waals surface area contributed by atoms with Crippen LogP contribution in [-0.4, -0.2) is 29.8 Å². The van der Waals surface area contributed by atoms with Crippen LogP contribution in [-0.2, 0) is 9.59 Å². The third kappa shape index (κ3) is 3.38. The summed E-state index contributed by atoms with van der Waals surface area (Å²) in [6, 6.07) is 4.87. The maximum absolute atomic E-state index is 11.9. The van der Waals surface area contributed by atoms with Gasteiger partial charge >= 0.3 is 0 Å². The summed E-state index contributed by atoms with van der Waals surface area (Å²) in [5.41, 5.74) is 6.62. The van der Waals surface area contributed by atoms with E-state index in [0.29, 0.717) is 35.3 Å². The van der Waals surface area contributed by atoms with E-state index in [-0.39, 0.29) is 18.4 Å². The van der Waals surface area contributed by atoms with Crippen LogP contribution in [0.25, 0.3) is 0 Å². The SMILES string of the molecule is CC1CC(=O)N(CC(=O)Nc2cc(N)ccc2Cl)C1. The Morgan fingerprint density at radius 3 is 2.95 bits per heavy atom. The zero-order valence-corrected chi connectivity index (χ0v) is 11.4. The maximum atomic E-state index is 11.9. The fourth-order valence-electron chi connectivity index (χ4n) is 2.12. The van der Waals surface area contributed by atoms with Gasteiger partial charge in [0.15, 0.2) is 0 Å². The molecule has 0 saturated carbocycles. The number of rotatable bonds is 3. The van der Waals surface area contributed by atoms with Gasteiger partial charge in [-0.3, -0.25) is 9.59 Å². The molecule has 2 rings (SSSR count). The lowest BCUT2D eigenvalue weighted by Gasteiger charge is -2.16. The Balaban J connectivity index is 1.98. The number of nitrogens with zero attached hydrogens (tertiary/aromatic N) is 1. The van der Waals surface area contributed by atoms with E-state index in [2.05, 4.69) is 5.32 Å². The molecule has 1 atom stereocenters. The Hall–Kier alpha value is -1.75. The van der Waals surface area contributed by atoms with E-state index in [9.17, 15) is 9.59 Å². The largest absolute Gasteiger partial charge is 0.399 e. The molecule has 1 aromatic carbocycles. The monoisotopic (exact) mass is 281 g/mol. The van der Waals surface area contributed by atoms with Gasteiger partial charge in [-0.25, -0.2) is 0 Å². The summed E-state index contributed by atoms with van der Waals surface area (Å²) in [5, 5.41) is 3.09. The Labute approximate surface area is 116 Å². The van der Waals surface area contributed by atoms with Crippen molar-refractivity contribution in [3.8, 4) is 0 Å². The molecule has 0 radical (unpaired) electrons. The van der Waals surface area contributed by atoms with E-state index in [1.54, 1.807) is 23.1 Å². The third-order valence-electron chi connectivity index (χ3n) is 3.01. The zero-order chi connectivity index (χ0) is 14.0. The van der Waals surface area contributed by atoms with Gasteiger partial charge in [0.1, 0.15) is 0 Å². The first kappa shape index (κ1) is 13.7. The van der Waals surface area contributed by atoms with Gasteiger partial charge in [0, 0.05) is 18.7 Å². The van der Waals surface area contributed by atoms with Gasteiger partial charge in [0.25, 0.3) is 0 Å². The molecule has 1 aromatic rings. The average Bonchev–Trinajstić information content (AvgIpc) is 2.62. The highest BCUT2D eigenvalue weighted by atomic mass is 35.5. The second-order valence-electron chi connectivity index (χ2n) is 4.87. The number of benzene rings is 1. The first-order valence-corrected chi connectivity index (χ1v) is 6.46. The van der Waals surface area contributed by atoms with Crippen LogP contribution in [0.15, 0.2) is 18.2 Å². The summed E-state index contributed by atoms with van der Waals surface area (Å²) in [6.07, 6.45) is 0.506. The van der Waals surface area contributed by atoms with Crippen molar-refractivity contribution in [2.45, 2.75) is 13.3 Å². The van der Waals surface area contributed by atoms with Gasteiger partial charge in [0.2, 0.25) is 11.8 Å². The molecule has 0 aliphatic carbocycles. The first-order chi connectivity index (χ1) is 8.95. The standard InChI is InChI=1S/C13H16ClN3O2/c1-8-4-13(19)17(6-8)7-12(18)16-11-5-9(15)2-3-10(11)14/h2-3,5,8H,4,6-7,15H2,1H3,(H,16,18). The number of anilines is 2. The topological polar surface area (TPSA) is 75.4 Å². The van der Waals surface area contributed by atoms with Gasteiger partial charge < -0.3 is 16.0 Å². The van der Waals surface area contributed by atoms with Crippen LogP contribution < -0.4 is 11.1 Å². The van der Waals surface area contributed by atoms with Crippen LogP contribution in [0.4, 0.5) is 11.4 Å². The molecule has 1 heterocycles. The summed E-state index contributed by atoms with van der Waals surface area (Å²) in [5.74, 6) is 0.0486. The number of nitrogens with one attached hydrogen (secondary N) is 1. The summed E-state index contributed by atoms with van der Waals surface area (Å²) < 4.78 is 0. The molecule has 102 valence electrons. The molecule has 3 N–H and O–H groups in total. The van der Waals surface area contributed by atoms with Crippen LogP contribution in [0.5, 0.6) is 0 Å². The molecule has 0 spiro atoms. The number of halogens is 1. The van der Waals surface area contributed by atoms with E-state index < -0.39 is 0 Å². The molecule has 0 aromatic heterocycles. The lowest BCUT2D eigenvalue weighted by Crippen LogP contribution is -2.34. The quantitative estimate of drug-likeness (QED) is 0.829. The number of hydrogen-bond donors (Lipinski definition) is 2. The predicted octanol–water partition coefficient (Wildman–Crippen LogP) is 1.73. The van der Waals surface area contributed by atoms with Gasteiger partial charge in [-0.15, -0.1) is 0 Å². The van der Waals surface area contributed by atoms with Gasteiger partial charge in [0.05, 0.1) is 17.3 Å². The first-order valence-electron chi connectivity index (χ1n) is 6.08. The highest BCUT2D eigenvalue weighted by Gasteiger charge is 2.27. The number of hydrogen-bond acceptors (Lipinski definition) is 3. The van der Waals surface area contributed by atoms with Crippen molar-refractivity contribution in [2.24, 2.45) is 5.92 Å². The van der Waals surface area contributed by atoms with Gasteiger partial charge in [-0.05, 0) is 24.1 Å². The zero-order valence-electron chi connectivity index (χ0n) is 10.6. The highest BCUT2D eigenvalue weighted by Crippen LogP contribution is 2.24. The fraction of sp³-hybridized carbons (Fsp3) is 0.385. The van der Waals surface area contributed by atoms with Crippen LogP contribution >= 0.6 is 11.6 Å². The second kappa shape index (κ2) is 5.48. The number of nitrogens with two attached hydrogens (primary N) is 1. The normalized spacial score (nSPS) is 18.7. The molecule has 5 nitrogen and oxygen atoms in total. The van der Waals surface area contributed by atoms with Crippen molar-refractivity contribution in [3.63, 3.8) is 0 Å². The predicted molar refractivity (Wildman–Crippen MR) is 74.9 cm³/mol. The number of carbonyl (C=O) groups excluding carboxylic acids is 2. The van der Waals surface area contributed by atoms with Crippen molar-refractivity contribution in [3.05, 3.63) is 23.2 Å². The molecule has 1 unspecified atom stereocenters.